The summed E-state index contributed by atoms with van der Waals surface area (Å²) in [5.41, 5.74) is 0.185. The smallest absolute Gasteiger partial charge is 0.0613 e. The molecule has 0 spiro atoms. The number of rotatable bonds is 1. The molecule has 12 heavy (non-hydrogen) atoms. The van der Waals surface area contributed by atoms with Gasteiger partial charge in [0, 0.05) is 5.92 Å². The highest BCUT2D eigenvalue weighted by molar-refractivity contribution is 5.06. The topological polar surface area (TPSA) is 20.2 Å². The van der Waals surface area contributed by atoms with Crippen molar-refractivity contribution < 1.29 is 5.11 Å². The maximum atomic E-state index is 9.82. The second-order valence-corrected chi connectivity index (χ2v) is 4.94. The molecule has 0 heterocycles. The molecule has 0 saturated heterocycles. The van der Waals surface area contributed by atoms with Gasteiger partial charge in [-0.2, -0.15) is 0 Å². The molecule has 0 aliphatic heterocycles. The van der Waals surface area contributed by atoms with Crippen molar-refractivity contribution in [2.45, 2.75) is 40.2 Å². The number of aliphatic hydroxyl groups is 1. The van der Waals surface area contributed by atoms with Gasteiger partial charge in [-0.1, -0.05) is 39.8 Å². The summed E-state index contributed by atoms with van der Waals surface area (Å²) < 4.78 is 0. The third-order valence-electron chi connectivity index (χ3n) is 2.72. The summed E-state index contributed by atoms with van der Waals surface area (Å²) in [5, 5.41) is 9.82. The first-order chi connectivity index (χ1) is 5.42. The molecule has 2 atom stereocenters. The Bertz CT molecular complexity index is 179. The number of hydrogen-bond donors (Lipinski definition) is 1. The Labute approximate surface area is 75.5 Å². The van der Waals surface area contributed by atoms with Crippen LogP contribution in [-0.2, 0) is 0 Å². The van der Waals surface area contributed by atoms with E-state index in [9.17, 15) is 5.11 Å². The first-order valence-corrected chi connectivity index (χ1v) is 4.80. The second kappa shape index (κ2) is 3.21. The Hall–Kier alpha value is -0.300. The maximum absolute atomic E-state index is 9.82. The van der Waals surface area contributed by atoms with Gasteiger partial charge in [-0.05, 0) is 17.8 Å². The van der Waals surface area contributed by atoms with Gasteiger partial charge in [-0.15, -0.1) is 0 Å². The molecule has 0 aromatic carbocycles. The van der Waals surface area contributed by atoms with Crippen molar-refractivity contribution in [3.05, 3.63) is 12.2 Å². The van der Waals surface area contributed by atoms with E-state index in [1.807, 2.05) is 0 Å². The Morgan fingerprint density at radius 2 is 2.00 bits per heavy atom. The van der Waals surface area contributed by atoms with Crippen LogP contribution in [0.5, 0.6) is 0 Å². The SMILES string of the molecule is CC(C)C1C=CC(C)(C)CC1O. The van der Waals surface area contributed by atoms with Crippen LogP contribution in [0.4, 0.5) is 0 Å². The Balaban J connectivity index is 2.72. The fourth-order valence-corrected chi connectivity index (χ4v) is 1.91. The van der Waals surface area contributed by atoms with Crippen molar-refractivity contribution in [3.8, 4) is 0 Å². The molecular formula is C11H20O. The highest BCUT2D eigenvalue weighted by Crippen LogP contribution is 2.35. The van der Waals surface area contributed by atoms with Crippen LogP contribution in [0.3, 0.4) is 0 Å². The molecule has 0 radical (unpaired) electrons. The van der Waals surface area contributed by atoms with Crippen molar-refractivity contribution in [3.63, 3.8) is 0 Å². The van der Waals surface area contributed by atoms with E-state index in [1.165, 1.54) is 0 Å². The lowest BCUT2D eigenvalue weighted by Crippen LogP contribution is -2.32. The summed E-state index contributed by atoms with van der Waals surface area (Å²) in [5.74, 6) is 0.908. The Morgan fingerprint density at radius 3 is 2.42 bits per heavy atom. The van der Waals surface area contributed by atoms with Gasteiger partial charge in [0.1, 0.15) is 0 Å². The van der Waals surface area contributed by atoms with Gasteiger partial charge < -0.3 is 5.11 Å². The van der Waals surface area contributed by atoms with E-state index in [4.69, 9.17) is 0 Å². The molecule has 1 aliphatic rings. The largest absolute Gasteiger partial charge is 0.392 e. The third kappa shape index (κ3) is 2.10. The van der Waals surface area contributed by atoms with Gasteiger partial charge in [0.2, 0.25) is 0 Å². The molecule has 1 N–H and O–H groups in total. The van der Waals surface area contributed by atoms with E-state index in [2.05, 4.69) is 39.8 Å². The summed E-state index contributed by atoms with van der Waals surface area (Å²) >= 11 is 0. The van der Waals surface area contributed by atoms with Crippen molar-refractivity contribution >= 4 is 0 Å². The minimum Gasteiger partial charge on any atom is -0.392 e. The molecule has 1 rings (SSSR count). The lowest BCUT2D eigenvalue weighted by atomic mass is 9.74. The van der Waals surface area contributed by atoms with Gasteiger partial charge in [-0.3, -0.25) is 0 Å². The number of aliphatic hydroxyl groups excluding tert-OH is 1. The average molecular weight is 168 g/mol. The first-order valence-electron chi connectivity index (χ1n) is 4.80. The zero-order chi connectivity index (χ0) is 9.35. The van der Waals surface area contributed by atoms with Gasteiger partial charge in [0.05, 0.1) is 6.10 Å². The summed E-state index contributed by atoms with van der Waals surface area (Å²) in [6.45, 7) is 8.67. The van der Waals surface area contributed by atoms with Crippen molar-refractivity contribution in [1.82, 2.24) is 0 Å². The van der Waals surface area contributed by atoms with Gasteiger partial charge in [-0.25, -0.2) is 0 Å². The standard InChI is InChI=1S/C11H20O/c1-8(2)9-5-6-11(3,4)7-10(9)12/h5-6,8-10,12H,7H2,1-4H3. The zero-order valence-corrected chi connectivity index (χ0v) is 8.54. The van der Waals surface area contributed by atoms with E-state index < -0.39 is 0 Å². The second-order valence-electron chi connectivity index (χ2n) is 4.94. The lowest BCUT2D eigenvalue weighted by Gasteiger charge is -2.34. The molecular weight excluding hydrogens is 148 g/mol. The summed E-state index contributed by atoms with van der Waals surface area (Å²) in [7, 11) is 0. The zero-order valence-electron chi connectivity index (χ0n) is 8.54. The van der Waals surface area contributed by atoms with E-state index in [0.29, 0.717) is 11.8 Å². The predicted octanol–water partition coefficient (Wildman–Crippen LogP) is 2.61. The van der Waals surface area contributed by atoms with Crippen LogP contribution < -0.4 is 0 Å². The molecule has 1 nitrogen and oxygen atoms in total. The van der Waals surface area contributed by atoms with Crippen LogP contribution in [0, 0.1) is 17.3 Å². The van der Waals surface area contributed by atoms with Gasteiger partial charge in [0.15, 0.2) is 0 Å². The van der Waals surface area contributed by atoms with Crippen molar-refractivity contribution in [2.75, 3.05) is 0 Å². The van der Waals surface area contributed by atoms with Crippen LogP contribution in [0.2, 0.25) is 0 Å². The van der Waals surface area contributed by atoms with Crippen LogP contribution in [0.15, 0.2) is 12.2 Å². The molecule has 70 valence electrons. The molecule has 0 saturated carbocycles. The van der Waals surface area contributed by atoms with E-state index in [-0.39, 0.29) is 11.5 Å². The van der Waals surface area contributed by atoms with Gasteiger partial charge in [0.25, 0.3) is 0 Å². The predicted molar refractivity (Wildman–Crippen MR) is 51.9 cm³/mol. The summed E-state index contributed by atoms with van der Waals surface area (Å²) in [6, 6.07) is 0. The summed E-state index contributed by atoms with van der Waals surface area (Å²) in [6.07, 6.45) is 5.17. The van der Waals surface area contributed by atoms with E-state index in [1.54, 1.807) is 0 Å². The molecule has 0 amide bonds. The highest BCUT2D eigenvalue weighted by atomic mass is 16.3. The molecule has 0 fully saturated rings. The van der Waals surface area contributed by atoms with Crippen LogP contribution >= 0.6 is 0 Å². The Morgan fingerprint density at radius 1 is 1.42 bits per heavy atom. The van der Waals surface area contributed by atoms with Crippen LogP contribution in [0.1, 0.15) is 34.1 Å². The maximum Gasteiger partial charge on any atom is 0.0613 e. The molecule has 1 aliphatic carbocycles. The van der Waals surface area contributed by atoms with E-state index in [0.717, 1.165) is 6.42 Å². The quantitative estimate of drug-likeness (QED) is 0.597. The first kappa shape index (κ1) is 9.79. The fraction of sp³-hybridized carbons (Fsp3) is 0.818. The highest BCUT2D eigenvalue weighted by Gasteiger charge is 2.30. The van der Waals surface area contributed by atoms with Crippen LogP contribution in [-0.4, -0.2) is 11.2 Å². The fourth-order valence-electron chi connectivity index (χ4n) is 1.91. The monoisotopic (exact) mass is 168 g/mol. The molecule has 0 aromatic heterocycles. The normalized spacial score (nSPS) is 34.2. The number of hydrogen-bond acceptors (Lipinski definition) is 1. The van der Waals surface area contributed by atoms with E-state index >= 15 is 0 Å². The number of allylic oxidation sites excluding steroid dienone is 1. The van der Waals surface area contributed by atoms with Crippen molar-refractivity contribution in [2.24, 2.45) is 17.3 Å². The molecule has 0 bridgehead atoms. The molecule has 0 aromatic rings. The average Bonchev–Trinajstić information content (AvgIpc) is 1.83. The summed E-state index contributed by atoms with van der Waals surface area (Å²) in [4.78, 5) is 0. The van der Waals surface area contributed by atoms with Gasteiger partial charge >= 0.3 is 0 Å². The Kier molecular flexibility index (Phi) is 2.62. The minimum absolute atomic E-state index is 0.148. The third-order valence-corrected chi connectivity index (χ3v) is 2.72. The molecule has 1 heteroatoms. The van der Waals surface area contributed by atoms with Crippen LogP contribution in [0.25, 0.3) is 0 Å². The molecule has 2 unspecified atom stereocenters. The van der Waals surface area contributed by atoms with Crippen molar-refractivity contribution in [1.29, 1.82) is 0 Å². The lowest BCUT2D eigenvalue weighted by molar-refractivity contribution is 0.0631. The minimum atomic E-state index is -0.148.